The minimum absolute atomic E-state index is 0.0433. The molecule has 0 radical (unpaired) electrons. The van der Waals surface area contributed by atoms with Gasteiger partial charge in [0.1, 0.15) is 6.10 Å². The number of nitrogens with zero attached hydrogens (tertiary/aromatic N) is 1. The second-order valence-corrected chi connectivity index (χ2v) is 8.83. The lowest BCUT2D eigenvalue weighted by Crippen LogP contribution is -2.39. The van der Waals surface area contributed by atoms with Crippen molar-refractivity contribution in [1.29, 1.82) is 0 Å². The third-order valence-corrected chi connectivity index (χ3v) is 6.38. The smallest absolute Gasteiger partial charge is 0.417 e. The van der Waals surface area contributed by atoms with E-state index < -0.39 is 39.5 Å². The predicted molar refractivity (Wildman–Crippen MR) is 97.7 cm³/mol. The van der Waals surface area contributed by atoms with E-state index in [0.717, 1.165) is 24.3 Å². The van der Waals surface area contributed by atoms with Crippen LogP contribution in [0.15, 0.2) is 47.5 Å². The Bertz CT molecular complexity index is 981. The molecule has 1 fully saturated rings. The summed E-state index contributed by atoms with van der Waals surface area (Å²) in [4.78, 5) is 3.38. The number of sulfonamides is 1. The Labute approximate surface area is 174 Å². The van der Waals surface area contributed by atoms with E-state index in [1.165, 1.54) is 0 Å². The predicted octanol–water partition coefficient (Wildman–Crippen LogP) is 4.79. The van der Waals surface area contributed by atoms with Crippen LogP contribution in [0.1, 0.15) is 36.8 Å². The first kappa shape index (κ1) is 23.3. The van der Waals surface area contributed by atoms with Crippen LogP contribution in [0.5, 0.6) is 5.88 Å². The van der Waals surface area contributed by atoms with Crippen molar-refractivity contribution in [2.24, 2.45) is 0 Å². The van der Waals surface area contributed by atoms with E-state index in [0.29, 0.717) is 44.0 Å². The van der Waals surface area contributed by atoms with E-state index in [4.69, 9.17) is 4.74 Å². The second-order valence-electron chi connectivity index (χ2n) is 7.12. The Morgan fingerprint density at radius 3 is 1.87 bits per heavy atom. The summed E-state index contributed by atoms with van der Waals surface area (Å²) in [6, 6.07) is 4.76. The van der Waals surface area contributed by atoms with Crippen LogP contribution in [0.25, 0.3) is 0 Å². The van der Waals surface area contributed by atoms with Gasteiger partial charge in [-0.05, 0) is 56.0 Å². The molecule has 0 atom stereocenters. The van der Waals surface area contributed by atoms with Gasteiger partial charge in [0.15, 0.2) is 0 Å². The number of halogens is 6. The summed E-state index contributed by atoms with van der Waals surface area (Å²) in [5.41, 5.74) is -1.83. The van der Waals surface area contributed by atoms with Crippen LogP contribution < -0.4 is 9.46 Å². The summed E-state index contributed by atoms with van der Waals surface area (Å²) < 4.78 is 108. The maximum atomic E-state index is 12.6. The molecule has 0 unspecified atom stereocenters. The molecule has 0 aliphatic heterocycles. The molecule has 31 heavy (non-hydrogen) atoms. The molecule has 1 heterocycles. The van der Waals surface area contributed by atoms with Crippen LogP contribution in [0, 0.1) is 0 Å². The van der Waals surface area contributed by atoms with Crippen LogP contribution in [0.3, 0.4) is 0 Å². The molecular weight excluding hydrogens is 450 g/mol. The van der Waals surface area contributed by atoms with Crippen LogP contribution in [0.4, 0.5) is 26.3 Å². The monoisotopic (exact) mass is 468 g/mol. The summed E-state index contributed by atoms with van der Waals surface area (Å²) in [6.45, 7) is 0. The maximum Gasteiger partial charge on any atom is 0.417 e. The highest BCUT2D eigenvalue weighted by atomic mass is 32.2. The van der Waals surface area contributed by atoms with Crippen LogP contribution in [-0.4, -0.2) is 25.5 Å². The number of benzene rings is 1. The molecule has 0 saturated heterocycles. The SMILES string of the molecule is O=S(=O)(NC1CCC(Oc2ccc(C(F)(F)F)cn2)CC1)c1ccc(C(F)(F)F)cc1. The van der Waals surface area contributed by atoms with Gasteiger partial charge in [-0.1, -0.05) is 0 Å². The van der Waals surface area contributed by atoms with E-state index in [-0.39, 0.29) is 16.9 Å². The molecule has 5 nitrogen and oxygen atoms in total. The summed E-state index contributed by atoms with van der Waals surface area (Å²) in [5, 5.41) is 0. The molecule has 0 spiro atoms. The lowest BCUT2D eigenvalue weighted by atomic mass is 9.94. The van der Waals surface area contributed by atoms with Crippen molar-refractivity contribution >= 4 is 10.0 Å². The molecule has 170 valence electrons. The summed E-state index contributed by atoms with van der Waals surface area (Å²) in [5.74, 6) is 0.0433. The lowest BCUT2D eigenvalue weighted by molar-refractivity contribution is -0.138. The second kappa shape index (κ2) is 8.65. The minimum Gasteiger partial charge on any atom is -0.474 e. The molecule has 1 aliphatic rings. The first-order valence-electron chi connectivity index (χ1n) is 9.24. The number of aromatic nitrogens is 1. The molecule has 0 bridgehead atoms. The highest BCUT2D eigenvalue weighted by Gasteiger charge is 2.32. The Hall–Kier alpha value is -2.34. The molecule has 1 aromatic heterocycles. The third kappa shape index (κ3) is 6.10. The molecule has 1 aliphatic carbocycles. The van der Waals surface area contributed by atoms with Gasteiger partial charge in [-0.3, -0.25) is 0 Å². The van der Waals surface area contributed by atoms with Crippen molar-refractivity contribution in [3.05, 3.63) is 53.7 Å². The van der Waals surface area contributed by atoms with Crippen LogP contribution in [-0.2, 0) is 22.4 Å². The van der Waals surface area contributed by atoms with Gasteiger partial charge < -0.3 is 4.74 Å². The van der Waals surface area contributed by atoms with E-state index in [1.807, 2.05) is 0 Å². The largest absolute Gasteiger partial charge is 0.474 e. The summed E-state index contributed by atoms with van der Waals surface area (Å²) in [6.07, 6.45) is -7.05. The maximum absolute atomic E-state index is 12.6. The Morgan fingerprint density at radius 2 is 1.39 bits per heavy atom. The standard InChI is InChI=1S/C19H18F6N2O3S/c20-18(21,22)12-1-8-16(9-2-12)31(28,29)27-14-4-6-15(7-5-14)30-17-10-3-13(11-26-17)19(23,24)25/h1-3,8-11,14-15,27H,4-7H2. The van der Waals surface area contributed by atoms with Gasteiger partial charge in [0, 0.05) is 18.3 Å². The van der Waals surface area contributed by atoms with E-state index in [1.54, 1.807) is 0 Å². The highest BCUT2D eigenvalue weighted by Crippen LogP contribution is 2.31. The third-order valence-electron chi connectivity index (χ3n) is 4.84. The van der Waals surface area contributed by atoms with E-state index >= 15 is 0 Å². The van der Waals surface area contributed by atoms with Gasteiger partial charge in [-0.15, -0.1) is 0 Å². The van der Waals surface area contributed by atoms with Crippen molar-refractivity contribution in [1.82, 2.24) is 9.71 Å². The Balaban J connectivity index is 1.53. The normalized spacial score (nSPS) is 20.5. The first-order valence-corrected chi connectivity index (χ1v) is 10.7. The van der Waals surface area contributed by atoms with Gasteiger partial charge in [0.05, 0.1) is 16.0 Å². The van der Waals surface area contributed by atoms with Gasteiger partial charge in [0.2, 0.25) is 15.9 Å². The van der Waals surface area contributed by atoms with Crippen molar-refractivity contribution < 1.29 is 39.5 Å². The van der Waals surface area contributed by atoms with Gasteiger partial charge in [-0.2, -0.15) is 26.3 Å². The molecule has 1 saturated carbocycles. The minimum atomic E-state index is -4.56. The summed E-state index contributed by atoms with van der Waals surface area (Å²) in [7, 11) is -3.99. The van der Waals surface area contributed by atoms with E-state index in [9.17, 15) is 34.8 Å². The van der Waals surface area contributed by atoms with Crippen molar-refractivity contribution in [3.8, 4) is 5.88 Å². The average molecular weight is 468 g/mol. The quantitative estimate of drug-likeness (QED) is 0.641. The Kier molecular flexibility index (Phi) is 6.51. The molecule has 2 aromatic rings. The number of nitrogens with one attached hydrogen (secondary N) is 1. The highest BCUT2D eigenvalue weighted by molar-refractivity contribution is 7.89. The van der Waals surface area contributed by atoms with Gasteiger partial charge in [0.25, 0.3) is 0 Å². The van der Waals surface area contributed by atoms with Crippen molar-refractivity contribution in [3.63, 3.8) is 0 Å². The molecule has 12 heteroatoms. The summed E-state index contributed by atoms with van der Waals surface area (Å²) >= 11 is 0. The van der Waals surface area contributed by atoms with E-state index in [2.05, 4.69) is 9.71 Å². The number of pyridine rings is 1. The first-order chi connectivity index (χ1) is 14.3. The molecule has 1 aromatic carbocycles. The zero-order valence-corrected chi connectivity index (χ0v) is 16.7. The van der Waals surface area contributed by atoms with Gasteiger partial charge in [-0.25, -0.2) is 18.1 Å². The number of rotatable bonds is 5. The van der Waals surface area contributed by atoms with Gasteiger partial charge >= 0.3 is 12.4 Å². The molecule has 0 amide bonds. The molecule has 3 rings (SSSR count). The fraction of sp³-hybridized carbons (Fsp3) is 0.421. The lowest BCUT2D eigenvalue weighted by Gasteiger charge is -2.29. The number of hydrogen-bond acceptors (Lipinski definition) is 4. The average Bonchev–Trinajstić information content (AvgIpc) is 2.68. The number of alkyl halides is 6. The number of ether oxygens (including phenoxy) is 1. The number of hydrogen-bond donors (Lipinski definition) is 1. The van der Waals surface area contributed by atoms with Crippen LogP contribution >= 0.6 is 0 Å². The van der Waals surface area contributed by atoms with Crippen molar-refractivity contribution in [2.45, 2.75) is 55.1 Å². The zero-order valence-electron chi connectivity index (χ0n) is 15.9. The molecule has 1 N–H and O–H groups in total. The fourth-order valence-corrected chi connectivity index (χ4v) is 4.50. The van der Waals surface area contributed by atoms with Crippen molar-refractivity contribution in [2.75, 3.05) is 0 Å². The zero-order chi connectivity index (χ0) is 22.9. The molecular formula is C19H18F6N2O3S. The van der Waals surface area contributed by atoms with Crippen LogP contribution in [0.2, 0.25) is 0 Å². The Morgan fingerprint density at radius 1 is 0.839 bits per heavy atom. The topological polar surface area (TPSA) is 68.3 Å². The fourth-order valence-electron chi connectivity index (χ4n) is 3.20.